The predicted molar refractivity (Wildman–Crippen MR) is 263 cm³/mol. The Balaban J connectivity index is 0.000000226. The fourth-order valence-corrected chi connectivity index (χ4v) is 7.06. The Morgan fingerprint density at radius 2 is 0.929 bits per heavy atom. The zero-order valence-electron chi connectivity index (χ0n) is 36.4. The van der Waals surface area contributed by atoms with Gasteiger partial charge < -0.3 is 20.2 Å². The van der Waals surface area contributed by atoms with E-state index in [1.54, 1.807) is 103 Å². The summed E-state index contributed by atoms with van der Waals surface area (Å²) in [5, 5.41) is 3.26. The lowest BCUT2D eigenvalue weighted by molar-refractivity contribution is -0.137. The van der Waals surface area contributed by atoms with E-state index >= 15 is 0 Å². The molecule has 0 aliphatic rings. The number of benzene rings is 6. The first-order valence-electron chi connectivity index (χ1n) is 20.9. The van der Waals surface area contributed by atoms with E-state index in [9.17, 15) is 40.7 Å². The Labute approximate surface area is 400 Å². The first-order valence-corrected chi connectivity index (χ1v) is 20.9. The molecule has 0 saturated heterocycles. The molecule has 15 heteroatoms. The molecular formula is C55H44F6N6O3. The number of nitrogens with one attached hydrogen (secondary N) is 1. The Hall–Kier alpha value is -8.95. The molecule has 0 atom stereocenters. The van der Waals surface area contributed by atoms with Gasteiger partial charge in [-0.3, -0.25) is 14.4 Å². The van der Waals surface area contributed by atoms with Gasteiger partial charge in [0.2, 0.25) is 0 Å². The number of pyridine rings is 2. The first-order chi connectivity index (χ1) is 33.1. The maximum atomic E-state index is 13.8. The Morgan fingerprint density at radius 3 is 1.31 bits per heavy atom. The lowest BCUT2D eigenvalue weighted by Gasteiger charge is -2.18. The van der Waals surface area contributed by atoms with E-state index in [2.05, 4.69) is 15.0 Å². The van der Waals surface area contributed by atoms with E-state index in [1.807, 2.05) is 60.7 Å². The number of hydrogen-bond donors (Lipinski definition) is 2. The van der Waals surface area contributed by atoms with Crippen molar-refractivity contribution in [2.24, 2.45) is 0 Å². The average Bonchev–Trinajstić information content (AvgIpc) is 3.35. The van der Waals surface area contributed by atoms with Crippen molar-refractivity contribution in [2.75, 3.05) is 11.1 Å². The van der Waals surface area contributed by atoms with Crippen LogP contribution in [0.1, 0.15) is 45.6 Å². The Kier molecular flexibility index (Phi) is 17.6. The van der Waals surface area contributed by atoms with Crippen molar-refractivity contribution in [3.8, 4) is 22.5 Å². The normalized spacial score (nSPS) is 10.7. The molecule has 0 aliphatic carbocycles. The molecule has 0 saturated carbocycles. The smallest absolute Gasteiger partial charge is 0.399 e. The van der Waals surface area contributed by atoms with Gasteiger partial charge in [-0.2, -0.15) is 26.3 Å². The van der Waals surface area contributed by atoms with Crippen LogP contribution in [0, 0.1) is 13.1 Å². The van der Waals surface area contributed by atoms with Crippen LogP contribution in [0.2, 0.25) is 0 Å². The summed E-state index contributed by atoms with van der Waals surface area (Å²) in [6, 6.07) is 51.5. The van der Waals surface area contributed by atoms with Crippen LogP contribution in [-0.4, -0.2) is 15.4 Å². The highest BCUT2D eigenvalue weighted by Gasteiger charge is 2.37. The second kappa shape index (κ2) is 23.7. The standard InChI is InChI=1S/C27H20F3N3O.C20H14F3N3O.C7H6O.CH4/c1-31-25-23(27(28,29)30)16-24(33(26(25)34)18-20-11-6-3-7-12-20)21-13-8-14-22(15-21)32-17-19-9-4-2-5-10-19;1-25-18-16(20(21,22)23)11-17(14-8-5-9-15(24)10-14)26(19(18)27)12-13-6-3-2-4-7-13;8-6-7-4-2-1-3-5-7;/h2-16,32H,17-18H2;2-11H,12,24H2;1-6H;1H4. The molecule has 0 unspecified atom stereocenters. The minimum atomic E-state index is -4.83. The number of nitrogens with two attached hydrogens (primary N) is 1. The zero-order chi connectivity index (χ0) is 49.6. The van der Waals surface area contributed by atoms with Crippen molar-refractivity contribution in [3.63, 3.8) is 0 Å². The third-order valence-corrected chi connectivity index (χ3v) is 10.4. The molecule has 8 rings (SSSR count). The quantitative estimate of drug-likeness (QED) is 0.0614. The third kappa shape index (κ3) is 13.4. The molecule has 0 fully saturated rings. The highest BCUT2D eigenvalue weighted by atomic mass is 19.4. The number of rotatable bonds is 10. The topological polar surface area (TPSA) is 108 Å². The third-order valence-electron chi connectivity index (χ3n) is 10.4. The number of nitrogens with zero attached hydrogens (tertiary/aromatic N) is 4. The number of halogens is 6. The molecule has 0 aliphatic heterocycles. The van der Waals surface area contributed by atoms with Gasteiger partial charge in [0.15, 0.2) is 0 Å². The maximum absolute atomic E-state index is 13.8. The summed E-state index contributed by atoms with van der Waals surface area (Å²) in [6.07, 6.45) is -8.82. The summed E-state index contributed by atoms with van der Waals surface area (Å²) < 4.78 is 84.0. The second-order valence-electron chi connectivity index (χ2n) is 15.1. The van der Waals surface area contributed by atoms with Gasteiger partial charge in [0.1, 0.15) is 6.29 Å². The molecule has 0 spiro atoms. The Bertz CT molecular complexity index is 3240. The van der Waals surface area contributed by atoms with Gasteiger partial charge in [-0.05, 0) is 53.1 Å². The SMILES string of the molecule is C.O=Cc1ccccc1.[C-]#[N+]c1c(C(F)(F)F)cc(-c2cccc(N)c2)n(Cc2ccccc2)c1=O.[C-]#[N+]c1c(C(F)(F)F)cc(-c2cccc(NCc3ccccc3)c2)n(Cc2ccccc2)c1=O. The summed E-state index contributed by atoms with van der Waals surface area (Å²) in [5.74, 6) is 0. The summed E-state index contributed by atoms with van der Waals surface area (Å²) in [7, 11) is 0. The highest BCUT2D eigenvalue weighted by molar-refractivity contribution is 5.74. The second-order valence-corrected chi connectivity index (χ2v) is 15.1. The fourth-order valence-electron chi connectivity index (χ4n) is 7.06. The highest BCUT2D eigenvalue weighted by Crippen LogP contribution is 2.39. The van der Waals surface area contributed by atoms with Gasteiger partial charge >= 0.3 is 12.4 Å². The van der Waals surface area contributed by atoms with Gasteiger partial charge in [0.05, 0.1) is 24.3 Å². The minimum absolute atomic E-state index is 0. The van der Waals surface area contributed by atoms with E-state index in [-0.39, 0.29) is 31.9 Å². The fraction of sp³-hybridized carbons (Fsp3) is 0.109. The number of carbonyl (C=O) groups excluding carboxylic acids is 1. The van der Waals surface area contributed by atoms with Crippen molar-refractivity contribution in [1.29, 1.82) is 0 Å². The van der Waals surface area contributed by atoms with Crippen molar-refractivity contribution >= 4 is 29.0 Å². The van der Waals surface area contributed by atoms with Gasteiger partial charge in [0.25, 0.3) is 22.5 Å². The monoisotopic (exact) mass is 950 g/mol. The number of aldehydes is 1. The van der Waals surface area contributed by atoms with Crippen LogP contribution in [0.5, 0.6) is 0 Å². The zero-order valence-corrected chi connectivity index (χ0v) is 36.4. The van der Waals surface area contributed by atoms with Crippen molar-refractivity contribution in [1.82, 2.24) is 9.13 Å². The van der Waals surface area contributed by atoms with Crippen LogP contribution in [0.4, 0.5) is 49.1 Å². The van der Waals surface area contributed by atoms with Crippen molar-refractivity contribution < 1.29 is 31.1 Å². The van der Waals surface area contributed by atoms with Crippen LogP contribution in [-0.2, 0) is 32.0 Å². The lowest BCUT2D eigenvalue weighted by Crippen LogP contribution is -2.25. The summed E-state index contributed by atoms with van der Waals surface area (Å²) in [4.78, 5) is 41.7. The molecule has 2 heterocycles. The summed E-state index contributed by atoms with van der Waals surface area (Å²) in [6.45, 7) is 14.9. The molecule has 0 amide bonds. The predicted octanol–water partition coefficient (Wildman–Crippen LogP) is 13.6. The Morgan fingerprint density at radius 1 is 0.529 bits per heavy atom. The summed E-state index contributed by atoms with van der Waals surface area (Å²) in [5.41, 5.74) is 4.71. The molecule has 0 radical (unpaired) electrons. The van der Waals surface area contributed by atoms with Crippen LogP contribution < -0.4 is 22.2 Å². The van der Waals surface area contributed by atoms with Gasteiger partial charge in [-0.15, -0.1) is 0 Å². The summed E-state index contributed by atoms with van der Waals surface area (Å²) >= 11 is 0. The number of hydrogen-bond acceptors (Lipinski definition) is 5. The van der Waals surface area contributed by atoms with Crippen molar-refractivity contribution in [3.05, 3.63) is 259 Å². The first kappa shape index (κ1) is 52.0. The van der Waals surface area contributed by atoms with Gasteiger partial charge in [-0.25, -0.2) is 9.69 Å². The molecule has 3 N–H and O–H groups in total. The molecule has 2 aromatic heterocycles. The maximum Gasteiger partial charge on any atom is 0.407 e. The van der Waals surface area contributed by atoms with Crippen LogP contribution >= 0.6 is 0 Å². The number of carbonyl (C=O) groups is 1. The van der Waals surface area contributed by atoms with E-state index in [0.717, 1.165) is 40.7 Å². The molecule has 9 nitrogen and oxygen atoms in total. The number of anilines is 2. The number of nitrogen functional groups attached to an aromatic ring is 1. The molecule has 70 heavy (non-hydrogen) atoms. The van der Waals surface area contributed by atoms with Crippen molar-refractivity contribution in [2.45, 2.75) is 39.4 Å². The van der Waals surface area contributed by atoms with E-state index in [1.165, 1.54) is 15.2 Å². The number of alkyl halides is 6. The minimum Gasteiger partial charge on any atom is -0.399 e. The number of aromatic nitrogens is 2. The lowest BCUT2D eigenvalue weighted by atomic mass is 10.0. The van der Waals surface area contributed by atoms with E-state index in [4.69, 9.17) is 18.9 Å². The average molecular weight is 951 g/mol. The van der Waals surface area contributed by atoms with Gasteiger partial charge in [-0.1, -0.05) is 153 Å². The molecule has 354 valence electrons. The molecule has 8 aromatic rings. The molecular weight excluding hydrogens is 907 g/mol. The van der Waals surface area contributed by atoms with E-state index in [0.29, 0.717) is 29.0 Å². The van der Waals surface area contributed by atoms with Crippen LogP contribution in [0.15, 0.2) is 192 Å². The molecule has 0 bridgehead atoms. The molecule has 6 aromatic carbocycles. The van der Waals surface area contributed by atoms with Crippen LogP contribution in [0.3, 0.4) is 0 Å². The van der Waals surface area contributed by atoms with Gasteiger partial charge in [0, 0.05) is 59.1 Å². The van der Waals surface area contributed by atoms with E-state index < -0.39 is 46.0 Å². The largest absolute Gasteiger partial charge is 0.407 e. The van der Waals surface area contributed by atoms with Crippen LogP contribution in [0.25, 0.3) is 32.2 Å².